The first-order valence-electron chi connectivity index (χ1n) is 6.36. The molecule has 8 heteroatoms. The molecule has 0 bridgehead atoms. The van der Waals surface area contributed by atoms with E-state index in [4.69, 9.17) is 16.7 Å². The number of halogens is 1. The van der Waals surface area contributed by atoms with Gasteiger partial charge in [-0.3, -0.25) is 19.7 Å². The third kappa shape index (κ3) is 5.39. The largest absolute Gasteiger partial charge is 0.481 e. The van der Waals surface area contributed by atoms with Crippen molar-refractivity contribution in [2.45, 2.75) is 25.7 Å². The molecule has 0 radical (unpaired) electrons. The summed E-state index contributed by atoms with van der Waals surface area (Å²) < 4.78 is 0. The second-order valence-electron chi connectivity index (χ2n) is 4.36. The summed E-state index contributed by atoms with van der Waals surface area (Å²) in [6.07, 6.45) is 1.95. The Labute approximate surface area is 126 Å². The maximum Gasteiger partial charge on any atom is 0.303 e. The number of nitro groups is 1. The van der Waals surface area contributed by atoms with E-state index in [2.05, 4.69) is 5.32 Å². The smallest absolute Gasteiger partial charge is 0.303 e. The highest BCUT2D eigenvalue weighted by atomic mass is 35.5. The Balaban J connectivity index is 2.48. The van der Waals surface area contributed by atoms with Crippen LogP contribution in [-0.2, 0) is 4.79 Å². The molecule has 21 heavy (non-hydrogen) atoms. The Bertz CT molecular complexity index is 547. The summed E-state index contributed by atoms with van der Waals surface area (Å²) in [5, 5.41) is 21.6. The Morgan fingerprint density at radius 3 is 2.62 bits per heavy atom. The minimum absolute atomic E-state index is 0.0522. The van der Waals surface area contributed by atoms with E-state index in [0.29, 0.717) is 25.8 Å². The van der Waals surface area contributed by atoms with Gasteiger partial charge in [-0.05, 0) is 18.9 Å². The molecule has 0 saturated heterocycles. The number of hydrogen-bond donors (Lipinski definition) is 2. The molecule has 1 amide bonds. The van der Waals surface area contributed by atoms with Gasteiger partial charge in [0.1, 0.15) is 5.02 Å². The average molecular weight is 315 g/mol. The van der Waals surface area contributed by atoms with Gasteiger partial charge in [0.25, 0.3) is 11.6 Å². The first-order valence-corrected chi connectivity index (χ1v) is 6.74. The summed E-state index contributed by atoms with van der Waals surface area (Å²) in [4.78, 5) is 32.3. The fraction of sp³-hybridized carbons (Fsp3) is 0.385. The summed E-state index contributed by atoms with van der Waals surface area (Å²) in [6.45, 7) is 0.359. The number of nitrogens with zero attached hydrogens (tertiary/aromatic N) is 1. The lowest BCUT2D eigenvalue weighted by Gasteiger charge is -2.06. The van der Waals surface area contributed by atoms with Gasteiger partial charge in [-0.15, -0.1) is 0 Å². The van der Waals surface area contributed by atoms with Gasteiger partial charge in [0, 0.05) is 19.0 Å². The third-order valence-electron chi connectivity index (χ3n) is 2.77. The second kappa shape index (κ2) is 8.21. The molecular weight excluding hydrogens is 300 g/mol. The van der Waals surface area contributed by atoms with Crippen LogP contribution in [0.25, 0.3) is 0 Å². The predicted molar refractivity (Wildman–Crippen MR) is 76.5 cm³/mol. The molecular formula is C13H15ClN2O5. The Kier molecular flexibility index (Phi) is 6.61. The van der Waals surface area contributed by atoms with Crippen LogP contribution in [0.5, 0.6) is 0 Å². The fourth-order valence-electron chi connectivity index (χ4n) is 1.71. The number of amides is 1. The van der Waals surface area contributed by atoms with E-state index in [-0.39, 0.29) is 22.7 Å². The van der Waals surface area contributed by atoms with Crippen LogP contribution >= 0.6 is 11.6 Å². The molecule has 1 aromatic carbocycles. The molecule has 0 aliphatic heterocycles. The summed E-state index contributed by atoms with van der Waals surface area (Å²) in [5.41, 5.74) is -0.262. The SMILES string of the molecule is O=C(O)CCCCCNC(=O)c1cccc([N+](=O)[O-])c1Cl. The number of nitro benzene ring substituents is 1. The van der Waals surface area contributed by atoms with Gasteiger partial charge in [0.2, 0.25) is 0 Å². The molecule has 0 aromatic heterocycles. The molecule has 0 spiro atoms. The quantitative estimate of drug-likeness (QED) is 0.435. The topological polar surface area (TPSA) is 110 Å². The molecule has 0 saturated carbocycles. The molecule has 0 aliphatic rings. The van der Waals surface area contributed by atoms with Crippen LogP contribution in [0.2, 0.25) is 5.02 Å². The Morgan fingerprint density at radius 2 is 2.00 bits per heavy atom. The van der Waals surface area contributed by atoms with Crippen molar-refractivity contribution in [3.63, 3.8) is 0 Å². The number of aliphatic carboxylic acids is 1. The van der Waals surface area contributed by atoms with Gasteiger partial charge in [0.15, 0.2) is 0 Å². The fourth-order valence-corrected chi connectivity index (χ4v) is 1.99. The van der Waals surface area contributed by atoms with Crippen molar-refractivity contribution in [1.82, 2.24) is 5.32 Å². The average Bonchev–Trinajstić information content (AvgIpc) is 2.42. The lowest BCUT2D eigenvalue weighted by atomic mass is 10.1. The number of carboxylic acid groups (broad SMARTS) is 1. The van der Waals surface area contributed by atoms with Crippen molar-refractivity contribution < 1.29 is 19.6 Å². The maximum atomic E-state index is 11.9. The zero-order valence-corrected chi connectivity index (χ0v) is 11.9. The number of nitrogens with one attached hydrogen (secondary N) is 1. The zero-order chi connectivity index (χ0) is 15.8. The van der Waals surface area contributed by atoms with Gasteiger partial charge in [-0.1, -0.05) is 24.1 Å². The summed E-state index contributed by atoms with van der Waals surface area (Å²) in [5.74, 6) is -1.33. The summed E-state index contributed by atoms with van der Waals surface area (Å²) >= 11 is 5.83. The lowest BCUT2D eigenvalue weighted by molar-refractivity contribution is -0.384. The van der Waals surface area contributed by atoms with E-state index in [0.717, 1.165) is 0 Å². The van der Waals surface area contributed by atoms with E-state index < -0.39 is 16.8 Å². The number of carbonyl (C=O) groups excluding carboxylic acids is 1. The first-order chi connectivity index (χ1) is 9.93. The molecule has 1 rings (SSSR count). The third-order valence-corrected chi connectivity index (χ3v) is 3.17. The van der Waals surface area contributed by atoms with Crippen molar-refractivity contribution >= 4 is 29.2 Å². The standard InChI is InChI=1S/C13H15ClN2O5/c14-12-9(5-4-6-10(12)16(20)21)13(19)15-8-3-1-2-7-11(17)18/h4-6H,1-3,7-8H2,(H,15,19)(H,17,18). The number of unbranched alkanes of at least 4 members (excludes halogenated alkanes) is 2. The molecule has 0 unspecified atom stereocenters. The van der Waals surface area contributed by atoms with Gasteiger partial charge >= 0.3 is 5.97 Å². The highest BCUT2D eigenvalue weighted by Gasteiger charge is 2.19. The number of benzene rings is 1. The molecule has 7 nitrogen and oxygen atoms in total. The summed E-state index contributed by atoms with van der Waals surface area (Å²) in [7, 11) is 0. The highest BCUT2D eigenvalue weighted by Crippen LogP contribution is 2.27. The van der Waals surface area contributed by atoms with Crippen LogP contribution in [-0.4, -0.2) is 28.5 Å². The van der Waals surface area contributed by atoms with Crippen LogP contribution in [0.3, 0.4) is 0 Å². The first kappa shape index (κ1) is 16.9. The van der Waals surface area contributed by atoms with Crippen molar-refractivity contribution in [3.8, 4) is 0 Å². The predicted octanol–water partition coefficient (Wildman–Crippen LogP) is 2.62. The van der Waals surface area contributed by atoms with Crippen LogP contribution in [0.15, 0.2) is 18.2 Å². The molecule has 114 valence electrons. The maximum absolute atomic E-state index is 11.9. The highest BCUT2D eigenvalue weighted by molar-refractivity contribution is 6.35. The van der Waals surface area contributed by atoms with Crippen molar-refractivity contribution in [2.75, 3.05) is 6.54 Å². The molecule has 0 heterocycles. The number of carboxylic acids is 1. The van der Waals surface area contributed by atoms with Crippen molar-refractivity contribution in [1.29, 1.82) is 0 Å². The van der Waals surface area contributed by atoms with E-state index in [9.17, 15) is 19.7 Å². The van der Waals surface area contributed by atoms with E-state index in [1.165, 1.54) is 18.2 Å². The van der Waals surface area contributed by atoms with Crippen molar-refractivity contribution in [2.24, 2.45) is 0 Å². The Hall–Kier alpha value is -2.15. The summed E-state index contributed by atoms with van der Waals surface area (Å²) in [6, 6.07) is 4.03. The lowest BCUT2D eigenvalue weighted by Crippen LogP contribution is -2.24. The number of hydrogen-bond acceptors (Lipinski definition) is 4. The van der Waals surface area contributed by atoms with Crippen molar-refractivity contribution in [3.05, 3.63) is 38.9 Å². The number of rotatable bonds is 8. The second-order valence-corrected chi connectivity index (χ2v) is 4.73. The zero-order valence-electron chi connectivity index (χ0n) is 11.2. The van der Waals surface area contributed by atoms with E-state index >= 15 is 0 Å². The molecule has 0 atom stereocenters. The van der Waals surface area contributed by atoms with Crippen LogP contribution in [0, 0.1) is 10.1 Å². The molecule has 1 aromatic rings. The van der Waals surface area contributed by atoms with Gasteiger partial charge < -0.3 is 10.4 Å². The van der Waals surface area contributed by atoms with Crippen LogP contribution in [0.1, 0.15) is 36.0 Å². The van der Waals surface area contributed by atoms with E-state index in [1.54, 1.807) is 0 Å². The Morgan fingerprint density at radius 1 is 1.29 bits per heavy atom. The minimum Gasteiger partial charge on any atom is -0.481 e. The monoisotopic (exact) mass is 314 g/mol. The molecule has 0 aliphatic carbocycles. The molecule has 2 N–H and O–H groups in total. The van der Waals surface area contributed by atoms with Gasteiger partial charge in [-0.25, -0.2) is 0 Å². The van der Waals surface area contributed by atoms with E-state index in [1.807, 2.05) is 0 Å². The van der Waals surface area contributed by atoms with Gasteiger partial charge in [0.05, 0.1) is 10.5 Å². The normalized spacial score (nSPS) is 10.1. The number of carbonyl (C=O) groups is 2. The van der Waals surface area contributed by atoms with Crippen LogP contribution < -0.4 is 5.32 Å². The minimum atomic E-state index is -0.845. The molecule has 0 fully saturated rings. The van der Waals surface area contributed by atoms with Crippen LogP contribution in [0.4, 0.5) is 5.69 Å². The van der Waals surface area contributed by atoms with Gasteiger partial charge in [-0.2, -0.15) is 0 Å².